The maximum atomic E-state index is 12.1. The van der Waals surface area contributed by atoms with Gasteiger partial charge >= 0.3 is 0 Å². The van der Waals surface area contributed by atoms with E-state index in [9.17, 15) is 9.59 Å². The molecule has 4 N–H and O–H groups in total. The van der Waals surface area contributed by atoms with Crippen LogP contribution >= 0.6 is 12.4 Å². The summed E-state index contributed by atoms with van der Waals surface area (Å²) in [4.78, 5) is 23.8. The fourth-order valence-corrected chi connectivity index (χ4v) is 2.47. The molecule has 2 rings (SSSR count). The van der Waals surface area contributed by atoms with Crippen LogP contribution in [0, 0.1) is 0 Å². The van der Waals surface area contributed by atoms with Crippen LogP contribution in [0.1, 0.15) is 32.1 Å². The van der Waals surface area contributed by atoms with Crippen molar-refractivity contribution in [3.63, 3.8) is 0 Å². The number of rotatable bonds is 4. The Morgan fingerprint density at radius 3 is 2.33 bits per heavy atom. The van der Waals surface area contributed by atoms with Gasteiger partial charge in [0.2, 0.25) is 11.8 Å². The van der Waals surface area contributed by atoms with E-state index in [1.54, 1.807) is 12.1 Å². The number of carbonyl (C=O) groups is 2. The molecular weight excluding hydrogens is 290 g/mol. The van der Waals surface area contributed by atoms with Crippen LogP contribution in [0.25, 0.3) is 0 Å². The molecule has 0 aliphatic heterocycles. The van der Waals surface area contributed by atoms with Gasteiger partial charge in [-0.15, -0.1) is 12.4 Å². The molecule has 116 valence electrons. The van der Waals surface area contributed by atoms with E-state index in [1.807, 2.05) is 18.2 Å². The van der Waals surface area contributed by atoms with Crippen LogP contribution in [0.3, 0.4) is 0 Å². The molecule has 1 aliphatic rings. The van der Waals surface area contributed by atoms with Gasteiger partial charge in [-0.3, -0.25) is 9.59 Å². The minimum atomic E-state index is -0.800. The fourth-order valence-electron chi connectivity index (χ4n) is 2.47. The lowest BCUT2D eigenvalue weighted by Gasteiger charge is -2.31. The number of hydrogen-bond donors (Lipinski definition) is 3. The predicted octanol–water partition coefficient (Wildman–Crippen LogP) is 1.82. The van der Waals surface area contributed by atoms with Crippen molar-refractivity contribution >= 4 is 29.9 Å². The average Bonchev–Trinajstić information content (AvgIpc) is 2.46. The highest BCUT2D eigenvalue weighted by atomic mass is 35.5. The van der Waals surface area contributed by atoms with E-state index in [0.29, 0.717) is 18.5 Å². The molecule has 0 aromatic heterocycles. The molecule has 0 heterocycles. The highest BCUT2D eigenvalue weighted by molar-refractivity contribution is 5.96. The number of nitrogens with two attached hydrogens (primary N) is 1. The fraction of sp³-hybridized carbons (Fsp3) is 0.467. The predicted molar refractivity (Wildman–Crippen MR) is 85.3 cm³/mol. The van der Waals surface area contributed by atoms with Gasteiger partial charge in [-0.05, 0) is 25.0 Å². The van der Waals surface area contributed by atoms with Gasteiger partial charge in [0.15, 0.2) is 0 Å². The number of para-hydroxylation sites is 1. The summed E-state index contributed by atoms with van der Waals surface area (Å²) < 4.78 is 0. The first kappa shape index (κ1) is 17.5. The summed E-state index contributed by atoms with van der Waals surface area (Å²) >= 11 is 0. The van der Waals surface area contributed by atoms with E-state index >= 15 is 0 Å². The molecule has 5 nitrogen and oxygen atoms in total. The van der Waals surface area contributed by atoms with Gasteiger partial charge in [0.25, 0.3) is 0 Å². The van der Waals surface area contributed by atoms with E-state index in [2.05, 4.69) is 10.6 Å². The molecule has 1 aliphatic carbocycles. The summed E-state index contributed by atoms with van der Waals surface area (Å²) in [7, 11) is 0. The highest BCUT2D eigenvalue weighted by Gasteiger charge is 2.35. The number of carbonyl (C=O) groups excluding carboxylic acids is 2. The van der Waals surface area contributed by atoms with Crippen molar-refractivity contribution in [1.29, 1.82) is 0 Å². The van der Waals surface area contributed by atoms with Crippen LogP contribution < -0.4 is 16.4 Å². The molecule has 1 saturated carbocycles. The van der Waals surface area contributed by atoms with Crippen molar-refractivity contribution in [1.82, 2.24) is 5.32 Å². The van der Waals surface area contributed by atoms with Gasteiger partial charge in [0.05, 0.1) is 12.1 Å². The van der Waals surface area contributed by atoms with Gasteiger partial charge in [0.1, 0.15) is 0 Å². The van der Waals surface area contributed by atoms with Crippen LogP contribution in [0.15, 0.2) is 30.3 Å². The molecule has 1 fully saturated rings. The second-order valence-electron chi connectivity index (χ2n) is 5.31. The molecule has 2 amide bonds. The zero-order chi connectivity index (χ0) is 14.4. The third kappa shape index (κ3) is 5.02. The van der Waals surface area contributed by atoms with Crippen LogP contribution in [0.2, 0.25) is 0 Å². The SMILES string of the molecule is Cl.NC1(C(=O)NCC(=O)Nc2ccccc2)CCCCC1. The summed E-state index contributed by atoms with van der Waals surface area (Å²) in [5.41, 5.74) is 6.01. The van der Waals surface area contributed by atoms with Crippen molar-refractivity contribution in [2.45, 2.75) is 37.6 Å². The van der Waals surface area contributed by atoms with Gasteiger partial charge < -0.3 is 16.4 Å². The van der Waals surface area contributed by atoms with E-state index in [-0.39, 0.29) is 30.8 Å². The molecule has 0 radical (unpaired) electrons. The summed E-state index contributed by atoms with van der Waals surface area (Å²) in [5, 5.41) is 5.36. The van der Waals surface area contributed by atoms with Crippen LogP contribution in [0.4, 0.5) is 5.69 Å². The maximum absolute atomic E-state index is 12.1. The van der Waals surface area contributed by atoms with Crippen LogP contribution in [-0.4, -0.2) is 23.9 Å². The van der Waals surface area contributed by atoms with Gasteiger partial charge in [-0.1, -0.05) is 37.5 Å². The minimum absolute atomic E-state index is 0. The molecule has 0 spiro atoms. The van der Waals surface area contributed by atoms with Crippen LogP contribution in [0.5, 0.6) is 0 Å². The average molecular weight is 312 g/mol. The number of benzene rings is 1. The molecule has 0 unspecified atom stereocenters. The Morgan fingerprint density at radius 1 is 1.10 bits per heavy atom. The van der Waals surface area contributed by atoms with Crippen molar-refractivity contribution in [2.24, 2.45) is 5.73 Å². The lowest BCUT2D eigenvalue weighted by atomic mass is 9.82. The van der Waals surface area contributed by atoms with Crippen molar-refractivity contribution in [3.8, 4) is 0 Å². The normalized spacial score (nSPS) is 16.4. The van der Waals surface area contributed by atoms with Gasteiger partial charge in [0, 0.05) is 5.69 Å². The van der Waals surface area contributed by atoms with Crippen molar-refractivity contribution in [2.75, 3.05) is 11.9 Å². The zero-order valence-corrected chi connectivity index (χ0v) is 12.7. The highest BCUT2D eigenvalue weighted by Crippen LogP contribution is 2.25. The zero-order valence-electron chi connectivity index (χ0n) is 11.9. The first-order chi connectivity index (χ1) is 9.60. The van der Waals surface area contributed by atoms with E-state index in [4.69, 9.17) is 5.73 Å². The quantitative estimate of drug-likeness (QED) is 0.793. The number of amides is 2. The standard InChI is InChI=1S/C15H21N3O2.ClH/c16-15(9-5-2-6-10-15)14(20)17-11-13(19)18-12-7-3-1-4-8-12;/h1,3-4,7-8H,2,5-6,9-11,16H2,(H,17,20)(H,18,19);1H. The van der Waals surface area contributed by atoms with E-state index < -0.39 is 5.54 Å². The lowest BCUT2D eigenvalue weighted by Crippen LogP contribution is -2.56. The Bertz CT molecular complexity index is 473. The second-order valence-corrected chi connectivity index (χ2v) is 5.31. The van der Waals surface area contributed by atoms with Crippen molar-refractivity contribution < 1.29 is 9.59 Å². The first-order valence-electron chi connectivity index (χ1n) is 7.02. The van der Waals surface area contributed by atoms with Crippen LogP contribution in [-0.2, 0) is 9.59 Å². The molecular formula is C15H22ClN3O2. The first-order valence-corrected chi connectivity index (χ1v) is 7.02. The number of nitrogens with one attached hydrogen (secondary N) is 2. The third-order valence-corrected chi connectivity index (χ3v) is 3.67. The molecule has 21 heavy (non-hydrogen) atoms. The molecule has 6 heteroatoms. The molecule has 1 aromatic carbocycles. The Hall–Kier alpha value is -1.59. The maximum Gasteiger partial charge on any atom is 0.243 e. The summed E-state index contributed by atoms with van der Waals surface area (Å²) in [6.45, 7) is -0.0489. The second kappa shape index (κ2) is 8.00. The monoisotopic (exact) mass is 311 g/mol. The summed E-state index contributed by atoms with van der Waals surface area (Å²) in [6.07, 6.45) is 4.46. The lowest BCUT2D eigenvalue weighted by molar-refractivity contribution is -0.129. The number of hydrogen-bond acceptors (Lipinski definition) is 3. The Balaban J connectivity index is 0.00000220. The van der Waals surface area contributed by atoms with E-state index in [0.717, 1.165) is 19.3 Å². The summed E-state index contributed by atoms with van der Waals surface area (Å²) in [6, 6.07) is 9.14. The Labute approximate surface area is 131 Å². The molecule has 1 aromatic rings. The minimum Gasteiger partial charge on any atom is -0.345 e. The number of anilines is 1. The smallest absolute Gasteiger partial charge is 0.243 e. The molecule has 0 atom stereocenters. The molecule has 0 bridgehead atoms. The van der Waals surface area contributed by atoms with E-state index in [1.165, 1.54) is 0 Å². The topological polar surface area (TPSA) is 84.2 Å². The third-order valence-electron chi connectivity index (χ3n) is 3.67. The number of halogens is 1. The Morgan fingerprint density at radius 2 is 1.71 bits per heavy atom. The van der Waals surface area contributed by atoms with Crippen molar-refractivity contribution in [3.05, 3.63) is 30.3 Å². The largest absolute Gasteiger partial charge is 0.345 e. The summed E-state index contributed by atoms with van der Waals surface area (Å²) in [5.74, 6) is -0.468. The Kier molecular flexibility index (Phi) is 6.65. The van der Waals surface area contributed by atoms with Gasteiger partial charge in [-0.25, -0.2) is 0 Å². The molecule has 0 saturated heterocycles. The van der Waals surface area contributed by atoms with Gasteiger partial charge in [-0.2, -0.15) is 0 Å².